The quantitative estimate of drug-likeness (QED) is 0.355. The zero-order valence-electron chi connectivity index (χ0n) is 7.20. The fraction of sp³-hybridized carbons (Fsp3) is 0.143. The number of hydrogen-bond donors (Lipinski definition) is 2. The summed E-state index contributed by atoms with van der Waals surface area (Å²) in [5.74, 6) is 3.33. The van der Waals surface area contributed by atoms with Crippen LogP contribution in [0.25, 0.3) is 0 Å². The fourth-order valence-electron chi connectivity index (χ4n) is 0.819. The molecule has 0 aromatic carbocycles. The van der Waals surface area contributed by atoms with Gasteiger partial charge in [0.25, 0.3) is 5.91 Å². The van der Waals surface area contributed by atoms with E-state index in [-0.39, 0.29) is 11.5 Å². The second-order valence-electron chi connectivity index (χ2n) is 2.39. The first-order valence-electron chi connectivity index (χ1n) is 3.53. The standard InChI is InChI=1S/C7H6N4O3/c1-4-9-5(2-3-6(8)12)7(10-4)11(13)14/h1H3,(H2,8,12)(H,9,10). The molecule has 7 heteroatoms. The number of nitrogens with two attached hydrogens (primary N) is 1. The first-order chi connectivity index (χ1) is 6.50. The van der Waals surface area contributed by atoms with Crippen molar-refractivity contribution in [3.05, 3.63) is 21.6 Å². The lowest BCUT2D eigenvalue weighted by Crippen LogP contribution is -2.06. The highest BCUT2D eigenvalue weighted by molar-refractivity contribution is 5.92. The number of imidazole rings is 1. The minimum absolute atomic E-state index is 0.0914. The minimum atomic E-state index is -0.861. The first kappa shape index (κ1) is 9.73. The minimum Gasteiger partial charge on any atom is -0.359 e. The summed E-state index contributed by atoms with van der Waals surface area (Å²) in [7, 11) is 0. The lowest BCUT2D eigenvalue weighted by atomic mass is 10.4. The summed E-state index contributed by atoms with van der Waals surface area (Å²) in [6.07, 6.45) is 0. The molecule has 1 aromatic heterocycles. The Morgan fingerprint density at radius 3 is 2.86 bits per heavy atom. The lowest BCUT2D eigenvalue weighted by molar-refractivity contribution is -0.389. The van der Waals surface area contributed by atoms with Gasteiger partial charge < -0.3 is 15.8 Å². The van der Waals surface area contributed by atoms with Crippen LogP contribution in [-0.2, 0) is 4.79 Å². The molecule has 0 spiro atoms. The number of aryl methyl sites for hydroxylation is 1. The maximum Gasteiger partial charge on any atom is 0.356 e. The van der Waals surface area contributed by atoms with E-state index in [9.17, 15) is 14.9 Å². The van der Waals surface area contributed by atoms with Gasteiger partial charge in [0.1, 0.15) is 0 Å². The molecular weight excluding hydrogens is 188 g/mol. The summed E-state index contributed by atoms with van der Waals surface area (Å²) >= 11 is 0. The molecule has 0 saturated heterocycles. The summed E-state index contributed by atoms with van der Waals surface area (Å²) in [4.78, 5) is 26.2. The van der Waals surface area contributed by atoms with Crippen LogP contribution in [0.1, 0.15) is 11.5 Å². The number of nitrogens with zero attached hydrogens (tertiary/aromatic N) is 2. The van der Waals surface area contributed by atoms with Gasteiger partial charge in [0.05, 0.1) is 0 Å². The third-order valence-corrected chi connectivity index (χ3v) is 1.29. The topological polar surface area (TPSA) is 115 Å². The van der Waals surface area contributed by atoms with Crippen LogP contribution in [0.2, 0.25) is 0 Å². The first-order valence-corrected chi connectivity index (χ1v) is 3.53. The van der Waals surface area contributed by atoms with Gasteiger partial charge in [0, 0.05) is 12.8 Å². The summed E-state index contributed by atoms with van der Waals surface area (Å²) < 4.78 is 0. The third-order valence-electron chi connectivity index (χ3n) is 1.29. The van der Waals surface area contributed by atoms with Crippen molar-refractivity contribution in [2.24, 2.45) is 5.73 Å². The summed E-state index contributed by atoms with van der Waals surface area (Å²) in [6, 6.07) is 0. The number of hydrogen-bond acceptors (Lipinski definition) is 4. The molecule has 0 aliphatic carbocycles. The van der Waals surface area contributed by atoms with Crippen LogP contribution in [0, 0.1) is 28.9 Å². The van der Waals surface area contributed by atoms with E-state index in [2.05, 4.69) is 15.9 Å². The van der Waals surface area contributed by atoms with E-state index in [1.807, 2.05) is 5.92 Å². The molecule has 1 amide bonds. The maximum absolute atomic E-state index is 10.4. The van der Waals surface area contributed by atoms with Gasteiger partial charge in [-0.25, -0.2) is 4.98 Å². The number of rotatable bonds is 1. The highest BCUT2D eigenvalue weighted by Crippen LogP contribution is 2.12. The molecule has 3 N–H and O–H groups in total. The average Bonchev–Trinajstić information content (AvgIpc) is 2.43. The number of aromatic nitrogens is 2. The number of amides is 1. The molecule has 0 atom stereocenters. The Morgan fingerprint density at radius 1 is 1.71 bits per heavy atom. The van der Waals surface area contributed by atoms with E-state index >= 15 is 0 Å². The monoisotopic (exact) mass is 194 g/mol. The van der Waals surface area contributed by atoms with Crippen molar-refractivity contribution >= 4 is 11.7 Å². The second-order valence-corrected chi connectivity index (χ2v) is 2.39. The number of carbonyl (C=O) groups is 1. The molecule has 1 heterocycles. The van der Waals surface area contributed by atoms with Gasteiger partial charge in [0.15, 0.2) is 5.82 Å². The summed E-state index contributed by atoms with van der Waals surface area (Å²) in [5, 5.41) is 10.4. The Bertz CT molecular complexity index is 451. The molecule has 0 aliphatic heterocycles. The Hall–Kier alpha value is -2.36. The fourth-order valence-corrected chi connectivity index (χ4v) is 0.819. The Balaban J connectivity index is 3.16. The van der Waals surface area contributed by atoms with Crippen molar-refractivity contribution in [2.45, 2.75) is 6.92 Å². The van der Waals surface area contributed by atoms with Gasteiger partial charge >= 0.3 is 5.82 Å². The number of aromatic amines is 1. The highest BCUT2D eigenvalue weighted by Gasteiger charge is 2.15. The van der Waals surface area contributed by atoms with Gasteiger partial charge in [0.2, 0.25) is 5.69 Å². The number of primary amides is 1. The van der Waals surface area contributed by atoms with Gasteiger partial charge in [-0.3, -0.25) is 4.79 Å². The van der Waals surface area contributed by atoms with E-state index in [0.717, 1.165) is 0 Å². The van der Waals surface area contributed by atoms with Crippen molar-refractivity contribution in [3.63, 3.8) is 0 Å². The molecule has 7 nitrogen and oxygen atoms in total. The van der Waals surface area contributed by atoms with Crippen molar-refractivity contribution in [1.82, 2.24) is 9.97 Å². The zero-order chi connectivity index (χ0) is 10.7. The van der Waals surface area contributed by atoms with E-state index in [1.165, 1.54) is 0 Å². The Morgan fingerprint density at radius 2 is 2.36 bits per heavy atom. The second kappa shape index (κ2) is 3.57. The summed E-state index contributed by atoms with van der Waals surface area (Å²) in [5.41, 5.74) is 4.66. The molecule has 0 saturated carbocycles. The van der Waals surface area contributed by atoms with Gasteiger partial charge in [-0.05, 0) is 10.8 Å². The number of H-pyrrole nitrogens is 1. The molecule has 14 heavy (non-hydrogen) atoms. The zero-order valence-corrected chi connectivity index (χ0v) is 7.20. The molecular formula is C7H6N4O3. The van der Waals surface area contributed by atoms with E-state index in [0.29, 0.717) is 5.82 Å². The van der Waals surface area contributed by atoms with Crippen molar-refractivity contribution < 1.29 is 9.72 Å². The molecule has 0 bridgehead atoms. The molecule has 1 rings (SSSR count). The molecule has 0 radical (unpaired) electrons. The van der Waals surface area contributed by atoms with Crippen molar-refractivity contribution in [1.29, 1.82) is 0 Å². The van der Waals surface area contributed by atoms with Gasteiger partial charge in [-0.15, -0.1) is 0 Å². The van der Waals surface area contributed by atoms with Crippen molar-refractivity contribution in [3.8, 4) is 11.8 Å². The van der Waals surface area contributed by atoms with Crippen molar-refractivity contribution in [2.75, 3.05) is 0 Å². The third kappa shape index (κ3) is 2.07. The smallest absolute Gasteiger partial charge is 0.356 e. The van der Waals surface area contributed by atoms with Crippen LogP contribution in [0.4, 0.5) is 5.82 Å². The summed E-state index contributed by atoms with van der Waals surface area (Å²) in [6.45, 7) is 1.54. The number of carbonyl (C=O) groups excluding carboxylic acids is 1. The Labute approximate surface area is 78.5 Å². The normalized spacial score (nSPS) is 8.93. The molecule has 0 fully saturated rings. The molecule has 72 valence electrons. The van der Waals surface area contributed by atoms with Gasteiger partial charge in [-0.2, -0.15) is 4.98 Å². The molecule has 0 unspecified atom stereocenters. The van der Waals surface area contributed by atoms with E-state index in [1.54, 1.807) is 6.92 Å². The van der Waals surface area contributed by atoms with Crippen LogP contribution < -0.4 is 5.73 Å². The van der Waals surface area contributed by atoms with E-state index < -0.39 is 10.8 Å². The predicted molar refractivity (Wildman–Crippen MR) is 46.1 cm³/mol. The van der Waals surface area contributed by atoms with Crippen LogP contribution in [0.15, 0.2) is 0 Å². The predicted octanol–water partition coefficient (Wildman–Crippen LogP) is -0.537. The van der Waals surface area contributed by atoms with Crippen LogP contribution in [-0.4, -0.2) is 20.8 Å². The van der Waals surface area contributed by atoms with Crippen LogP contribution in [0.3, 0.4) is 0 Å². The Kier molecular flexibility index (Phi) is 2.48. The average molecular weight is 194 g/mol. The number of nitro groups is 1. The molecule has 1 aromatic rings. The number of nitrogens with one attached hydrogen (secondary N) is 1. The SMILES string of the molecule is Cc1nc(C#CC(N)=O)c([N+](=O)[O-])[nH]1. The molecule has 0 aliphatic rings. The largest absolute Gasteiger partial charge is 0.359 e. The van der Waals surface area contributed by atoms with E-state index in [4.69, 9.17) is 5.73 Å². The highest BCUT2D eigenvalue weighted by atomic mass is 16.6. The van der Waals surface area contributed by atoms with Crippen LogP contribution >= 0.6 is 0 Å². The van der Waals surface area contributed by atoms with Gasteiger partial charge in [-0.1, -0.05) is 0 Å². The van der Waals surface area contributed by atoms with Crippen LogP contribution in [0.5, 0.6) is 0 Å². The lowest BCUT2D eigenvalue weighted by Gasteiger charge is -1.87. The maximum atomic E-state index is 10.4.